The molecule has 1 spiro atoms. The number of nitrogens with zero attached hydrogens (tertiary/aromatic N) is 2. The number of allylic oxidation sites excluding steroid dienone is 1. The highest BCUT2D eigenvalue weighted by Crippen LogP contribution is 2.47. The Morgan fingerprint density at radius 1 is 1.20 bits per heavy atom. The zero-order valence-electron chi connectivity index (χ0n) is 28.2. The van der Waals surface area contributed by atoms with Crippen molar-refractivity contribution < 1.29 is 27.7 Å². The minimum atomic E-state index is -3.54. The number of urea groups is 1. The average molecular weight is 713 g/mol. The maximum Gasteiger partial charge on any atom is 0.327 e. The van der Waals surface area contributed by atoms with E-state index in [2.05, 4.69) is 43.6 Å². The van der Waals surface area contributed by atoms with Crippen LogP contribution in [0.1, 0.15) is 73.4 Å². The molecule has 7 rings (SSSR count). The van der Waals surface area contributed by atoms with Crippen LogP contribution in [0.5, 0.6) is 5.75 Å². The van der Waals surface area contributed by atoms with Gasteiger partial charge in [-0.15, -0.1) is 4.36 Å². The Kier molecular flexibility index (Phi) is 9.71. The molecule has 3 amide bonds. The molecule has 2 aromatic rings. The van der Waals surface area contributed by atoms with Gasteiger partial charge in [-0.25, -0.2) is 13.4 Å². The first-order chi connectivity index (χ1) is 23.5. The zero-order valence-corrected chi connectivity index (χ0v) is 29.7. The smallest absolute Gasteiger partial charge is 0.327 e. The van der Waals surface area contributed by atoms with Crippen molar-refractivity contribution in [3.8, 4) is 5.75 Å². The van der Waals surface area contributed by atoms with Gasteiger partial charge in [0.1, 0.15) is 21.8 Å². The Morgan fingerprint density at radius 2 is 2.04 bits per heavy atom. The molecule has 2 saturated carbocycles. The van der Waals surface area contributed by atoms with Gasteiger partial charge in [-0.3, -0.25) is 9.52 Å². The second kappa shape index (κ2) is 13.9. The summed E-state index contributed by atoms with van der Waals surface area (Å²) in [5.41, 5.74) is 3.33. The summed E-state index contributed by atoms with van der Waals surface area (Å²) >= 11 is 6.44. The fourth-order valence-electron chi connectivity index (χ4n) is 8.39. The molecular formula is C37H46ClFN4O5S. The molecule has 9 nitrogen and oxygen atoms in total. The van der Waals surface area contributed by atoms with Crippen LogP contribution in [0.2, 0.25) is 5.02 Å². The lowest BCUT2D eigenvalue weighted by atomic mass is 9.68. The second-order valence-electron chi connectivity index (χ2n) is 14.8. The molecule has 5 aliphatic rings. The maximum atomic E-state index is 14.3. The molecule has 2 heterocycles. The van der Waals surface area contributed by atoms with E-state index in [-0.39, 0.29) is 47.6 Å². The molecule has 2 N–H and O–H groups in total. The SMILES string of the molecule is CO[C@H]1/C=C/C[C@H](C)CS(=O)(NC(=O)NC2CC(F)C2)=NC(=O)c2ccc3c(c2)N(C[C@@H]2CC[C@H]21)C[C@@]1(CCCc2cc(Cl)ccc21)CO3. The van der Waals surface area contributed by atoms with Crippen LogP contribution in [0.25, 0.3) is 0 Å². The fourth-order valence-corrected chi connectivity index (χ4v) is 10.4. The summed E-state index contributed by atoms with van der Waals surface area (Å²) < 4.78 is 47.0. The maximum absolute atomic E-state index is 14.3. The number of ether oxygens (including phenoxy) is 2. The Morgan fingerprint density at radius 3 is 2.80 bits per heavy atom. The van der Waals surface area contributed by atoms with Crippen LogP contribution in [-0.2, 0) is 26.5 Å². The van der Waals surface area contributed by atoms with E-state index in [9.17, 15) is 18.2 Å². The zero-order chi connectivity index (χ0) is 34.3. The molecule has 0 aromatic heterocycles. The van der Waals surface area contributed by atoms with Crippen molar-refractivity contribution in [1.29, 1.82) is 0 Å². The summed E-state index contributed by atoms with van der Waals surface area (Å²) in [6.45, 7) is 3.89. The van der Waals surface area contributed by atoms with Crippen molar-refractivity contribution in [3.05, 3.63) is 70.3 Å². The predicted molar refractivity (Wildman–Crippen MR) is 190 cm³/mol. The second-order valence-corrected chi connectivity index (χ2v) is 17.2. The van der Waals surface area contributed by atoms with E-state index >= 15 is 0 Å². The van der Waals surface area contributed by atoms with Crippen molar-refractivity contribution in [3.63, 3.8) is 0 Å². The van der Waals surface area contributed by atoms with Gasteiger partial charge in [-0.05, 0) is 111 Å². The van der Waals surface area contributed by atoms with Crippen LogP contribution in [0.3, 0.4) is 0 Å². The highest BCUT2D eigenvalue weighted by Gasteiger charge is 2.44. The van der Waals surface area contributed by atoms with Gasteiger partial charge < -0.3 is 19.7 Å². The lowest BCUT2D eigenvalue weighted by molar-refractivity contribution is 0.0131. The average Bonchev–Trinajstić information content (AvgIpc) is 3.17. The van der Waals surface area contributed by atoms with E-state index in [1.165, 1.54) is 11.1 Å². The molecule has 2 bridgehead atoms. The number of benzene rings is 2. The summed E-state index contributed by atoms with van der Waals surface area (Å²) in [7, 11) is -1.79. The largest absolute Gasteiger partial charge is 0.490 e. The van der Waals surface area contributed by atoms with Crippen LogP contribution < -0.4 is 19.7 Å². The van der Waals surface area contributed by atoms with E-state index in [1.807, 2.05) is 19.1 Å². The first kappa shape index (κ1) is 34.3. The highest BCUT2D eigenvalue weighted by atomic mass is 35.5. The molecule has 1 unspecified atom stereocenters. The third-order valence-corrected chi connectivity index (χ3v) is 13.4. The summed E-state index contributed by atoms with van der Waals surface area (Å²) in [5, 5.41) is 3.41. The summed E-state index contributed by atoms with van der Waals surface area (Å²) in [5.74, 6) is 0.534. The van der Waals surface area contributed by atoms with Gasteiger partial charge in [0.2, 0.25) is 0 Å². The Bertz CT molecular complexity index is 1760. The molecule has 0 radical (unpaired) electrons. The van der Waals surface area contributed by atoms with E-state index in [4.69, 9.17) is 21.1 Å². The summed E-state index contributed by atoms with van der Waals surface area (Å²) in [6, 6.07) is 10.4. The third-order valence-electron chi connectivity index (χ3n) is 11.2. The van der Waals surface area contributed by atoms with Gasteiger partial charge >= 0.3 is 6.03 Å². The molecule has 49 heavy (non-hydrogen) atoms. The minimum Gasteiger partial charge on any atom is -0.490 e. The van der Waals surface area contributed by atoms with Crippen LogP contribution in [0.15, 0.2) is 52.9 Å². The monoisotopic (exact) mass is 712 g/mol. The number of aryl methyl sites for hydroxylation is 1. The minimum absolute atomic E-state index is 0.0251. The van der Waals surface area contributed by atoms with Crippen molar-refractivity contribution in [1.82, 2.24) is 10.0 Å². The van der Waals surface area contributed by atoms with Crippen LogP contribution >= 0.6 is 11.6 Å². The molecule has 2 aromatic carbocycles. The van der Waals surface area contributed by atoms with E-state index < -0.39 is 28.0 Å². The Labute approximate surface area is 293 Å². The Hall–Kier alpha value is -3.15. The van der Waals surface area contributed by atoms with Gasteiger partial charge in [-0.1, -0.05) is 36.7 Å². The lowest BCUT2D eigenvalue weighted by Gasteiger charge is -2.46. The van der Waals surface area contributed by atoms with Crippen molar-refractivity contribution in [2.75, 3.05) is 37.5 Å². The van der Waals surface area contributed by atoms with Crippen LogP contribution in [0, 0.1) is 17.8 Å². The Balaban J connectivity index is 1.27. The number of amides is 3. The van der Waals surface area contributed by atoms with Gasteiger partial charge in [0, 0.05) is 42.2 Å². The number of methoxy groups -OCH3 is 1. The van der Waals surface area contributed by atoms with E-state index in [1.54, 1.807) is 19.2 Å². The quantitative estimate of drug-likeness (QED) is 0.340. The molecule has 6 atom stereocenters. The summed E-state index contributed by atoms with van der Waals surface area (Å²) in [4.78, 5) is 29.1. The number of halogens is 2. The normalized spacial score (nSPS) is 34.9. The molecule has 0 saturated heterocycles. The van der Waals surface area contributed by atoms with Crippen molar-refractivity contribution in [2.24, 2.45) is 22.1 Å². The van der Waals surface area contributed by atoms with Gasteiger partial charge in [0.05, 0.1) is 24.2 Å². The first-order valence-electron chi connectivity index (χ1n) is 17.5. The summed E-state index contributed by atoms with van der Waals surface area (Å²) in [6.07, 6.45) is 9.22. The molecule has 264 valence electrons. The predicted octanol–water partition coefficient (Wildman–Crippen LogP) is 6.77. The molecule has 12 heteroatoms. The number of alkyl halides is 1. The number of nitrogens with one attached hydrogen (secondary N) is 2. The van der Waals surface area contributed by atoms with Crippen molar-refractivity contribution in [2.45, 2.75) is 82.0 Å². The number of carbonyl (C=O) groups is 2. The fraction of sp³-hybridized carbons (Fsp3) is 0.568. The standard InChI is InChI=1S/C37H46ClFN4O5S/c1-23-5-3-7-33(47-2)30-11-8-26(30)19-43-21-37(14-4-6-24-15-27(38)10-12-31(24)37)22-48-34-13-9-25(16-32(34)43)35(44)41-49(46,20-23)42-36(45)40-29-17-28(39)18-29/h3,7,9-10,12-13,15-16,23,26,28-30,33H,4-6,8,11,14,17-22H2,1-2H3,(H2,40,41,42,44,45,46)/b7-3+/t23-,26-,28?,29?,30+,33-,37-,49?/m0/s1. The van der Waals surface area contributed by atoms with Gasteiger partial charge in [-0.2, -0.15) is 0 Å². The molecule has 3 aliphatic carbocycles. The molecule has 2 aliphatic heterocycles. The van der Waals surface area contributed by atoms with Crippen molar-refractivity contribution >= 4 is 39.1 Å². The lowest BCUT2D eigenvalue weighted by Crippen LogP contribution is -2.51. The van der Waals surface area contributed by atoms with E-state index in [0.29, 0.717) is 37.2 Å². The number of fused-ring (bicyclic) bond motifs is 4. The first-order valence-corrected chi connectivity index (χ1v) is 19.6. The number of rotatable bonds is 3. The topological polar surface area (TPSA) is 109 Å². The van der Waals surface area contributed by atoms with E-state index in [0.717, 1.165) is 49.4 Å². The van der Waals surface area contributed by atoms with Gasteiger partial charge in [0.25, 0.3) is 5.91 Å². The number of anilines is 1. The van der Waals surface area contributed by atoms with Gasteiger partial charge in [0.15, 0.2) is 0 Å². The highest BCUT2D eigenvalue weighted by molar-refractivity contribution is 7.92. The third kappa shape index (κ3) is 7.21. The number of hydrogen-bond acceptors (Lipinski definition) is 6. The van der Waals surface area contributed by atoms with Crippen LogP contribution in [-0.4, -0.2) is 67.0 Å². The number of carbonyl (C=O) groups excluding carboxylic acids is 2. The number of hydrogen-bond donors (Lipinski definition) is 2. The molecule has 2 fully saturated rings. The molecular weight excluding hydrogens is 667 g/mol. The van der Waals surface area contributed by atoms with Crippen LogP contribution in [0.4, 0.5) is 14.9 Å².